The first kappa shape index (κ1) is 11.0. The van der Waals surface area contributed by atoms with Crippen LogP contribution in [0.2, 0.25) is 0 Å². The van der Waals surface area contributed by atoms with E-state index in [4.69, 9.17) is 0 Å². The number of allylic oxidation sites excluding steroid dienone is 1. The van der Waals surface area contributed by atoms with E-state index in [1.54, 1.807) is 0 Å². The van der Waals surface area contributed by atoms with Crippen LogP contribution >= 0.6 is 0 Å². The van der Waals surface area contributed by atoms with Gasteiger partial charge in [-0.1, -0.05) is 24.3 Å². The first-order valence-electron chi connectivity index (χ1n) is 6.05. The molecule has 0 aliphatic carbocycles. The first-order valence-corrected chi connectivity index (χ1v) is 6.05. The van der Waals surface area contributed by atoms with Crippen LogP contribution in [0.1, 0.15) is 12.5 Å². The fourth-order valence-electron chi connectivity index (χ4n) is 2.34. The lowest BCUT2D eigenvalue weighted by molar-refractivity contribution is 0.628. The Balaban J connectivity index is 2.08. The van der Waals surface area contributed by atoms with Crippen molar-refractivity contribution >= 4 is 16.9 Å². The van der Waals surface area contributed by atoms with Crippen LogP contribution in [0.3, 0.4) is 0 Å². The monoisotopic (exact) mass is 239 g/mol. The zero-order valence-electron chi connectivity index (χ0n) is 10.2. The van der Waals surface area contributed by atoms with E-state index in [2.05, 4.69) is 30.0 Å². The van der Waals surface area contributed by atoms with Crippen LogP contribution in [0.25, 0.3) is 5.57 Å². The Kier molecular flexibility index (Phi) is 2.63. The Labute approximate surface area is 106 Å². The zero-order valence-corrected chi connectivity index (χ0v) is 10.2. The van der Waals surface area contributed by atoms with Crippen LogP contribution in [0.4, 0.5) is 15.8 Å². The lowest BCUT2D eigenvalue weighted by Crippen LogP contribution is -2.21. The molecule has 0 fully saturated rings. The fraction of sp³-hybridized carbons (Fsp3) is 0.125. The van der Waals surface area contributed by atoms with Crippen molar-refractivity contribution in [2.75, 3.05) is 11.4 Å². The maximum atomic E-state index is 13.0. The van der Waals surface area contributed by atoms with E-state index >= 15 is 0 Å². The van der Waals surface area contributed by atoms with Crippen LogP contribution in [-0.4, -0.2) is 6.54 Å². The molecule has 0 atom stereocenters. The van der Waals surface area contributed by atoms with Gasteiger partial charge in [0.15, 0.2) is 0 Å². The Morgan fingerprint density at radius 2 is 1.72 bits per heavy atom. The van der Waals surface area contributed by atoms with Gasteiger partial charge < -0.3 is 4.90 Å². The molecule has 1 heterocycles. The number of hydrogen-bond donors (Lipinski definition) is 0. The normalized spacial score (nSPS) is 14.1. The van der Waals surface area contributed by atoms with E-state index < -0.39 is 0 Å². The van der Waals surface area contributed by atoms with Crippen molar-refractivity contribution in [3.8, 4) is 0 Å². The number of benzene rings is 2. The summed E-state index contributed by atoms with van der Waals surface area (Å²) in [6, 6.07) is 15.0. The summed E-state index contributed by atoms with van der Waals surface area (Å²) in [6.07, 6.45) is 2.20. The second-order valence-electron chi connectivity index (χ2n) is 4.49. The van der Waals surface area contributed by atoms with Gasteiger partial charge in [-0.15, -0.1) is 0 Å². The Hall–Kier alpha value is -2.09. The van der Waals surface area contributed by atoms with Crippen LogP contribution in [0.15, 0.2) is 54.6 Å². The molecular weight excluding hydrogens is 225 g/mol. The topological polar surface area (TPSA) is 3.24 Å². The highest BCUT2D eigenvalue weighted by Crippen LogP contribution is 2.35. The number of halogens is 1. The smallest absolute Gasteiger partial charge is 0.123 e. The van der Waals surface area contributed by atoms with Gasteiger partial charge in [-0.05, 0) is 42.8 Å². The van der Waals surface area contributed by atoms with Crippen molar-refractivity contribution in [3.63, 3.8) is 0 Å². The lowest BCUT2D eigenvalue weighted by atomic mass is 10.00. The summed E-state index contributed by atoms with van der Waals surface area (Å²) in [6.45, 7) is 2.95. The largest absolute Gasteiger partial charge is 0.337 e. The second-order valence-corrected chi connectivity index (χ2v) is 4.49. The first-order chi connectivity index (χ1) is 8.75. The summed E-state index contributed by atoms with van der Waals surface area (Å²) in [5.41, 5.74) is 4.74. The van der Waals surface area contributed by atoms with E-state index in [1.165, 1.54) is 29.0 Å². The van der Waals surface area contributed by atoms with Gasteiger partial charge in [-0.25, -0.2) is 4.39 Å². The third-order valence-corrected chi connectivity index (χ3v) is 3.34. The van der Waals surface area contributed by atoms with Gasteiger partial charge in [0.2, 0.25) is 0 Å². The molecule has 0 radical (unpaired) electrons. The van der Waals surface area contributed by atoms with Crippen molar-refractivity contribution < 1.29 is 4.39 Å². The number of para-hydroxylation sites is 1. The third-order valence-electron chi connectivity index (χ3n) is 3.34. The number of nitrogens with zero attached hydrogens (tertiary/aromatic N) is 1. The summed E-state index contributed by atoms with van der Waals surface area (Å²) in [5.74, 6) is -0.198. The third kappa shape index (κ3) is 1.80. The summed E-state index contributed by atoms with van der Waals surface area (Å²) < 4.78 is 13.0. The number of fused-ring (bicyclic) bond motifs is 1. The van der Waals surface area contributed by atoms with Gasteiger partial charge in [-0.3, -0.25) is 0 Å². The molecule has 1 aliphatic rings. The van der Waals surface area contributed by atoms with E-state index in [-0.39, 0.29) is 5.82 Å². The average Bonchev–Trinajstić information content (AvgIpc) is 2.41. The summed E-state index contributed by atoms with van der Waals surface area (Å²) in [4.78, 5) is 2.20. The van der Waals surface area contributed by atoms with Crippen LogP contribution in [-0.2, 0) is 0 Å². The van der Waals surface area contributed by atoms with E-state index in [1.807, 2.05) is 24.3 Å². The minimum absolute atomic E-state index is 0.198. The molecule has 18 heavy (non-hydrogen) atoms. The van der Waals surface area contributed by atoms with Gasteiger partial charge in [0.25, 0.3) is 0 Å². The van der Waals surface area contributed by atoms with Crippen molar-refractivity contribution in [2.45, 2.75) is 6.92 Å². The van der Waals surface area contributed by atoms with Crippen LogP contribution in [0, 0.1) is 5.82 Å². The molecule has 0 N–H and O–H groups in total. The summed E-state index contributed by atoms with van der Waals surface area (Å²) in [5, 5.41) is 0. The highest BCUT2D eigenvalue weighted by Gasteiger charge is 2.17. The van der Waals surface area contributed by atoms with E-state index in [0.29, 0.717) is 0 Å². The Morgan fingerprint density at radius 3 is 2.50 bits per heavy atom. The van der Waals surface area contributed by atoms with Gasteiger partial charge in [0.1, 0.15) is 5.82 Å². The molecular formula is C16H14FN. The van der Waals surface area contributed by atoms with Crippen molar-refractivity contribution in [2.24, 2.45) is 0 Å². The zero-order chi connectivity index (χ0) is 12.5. The molecule has 90 valence electrons. The molecule has 0 saturated heterocycles. The predicted octanol–water partition coefficient (Wildman–Crippen LogP) is 4.38. The highest BCUT2D eigenvalue weighted by molar-refractivity contribution is 5.83. The molecule has 0 bridgehead atoms. The quantitative estimate of drug-likeness (QED) is 0.713. The molecule has 3 rings (SSSR count). The van der Waals surface area contributed by atoms with E-state index in [9.17, 15) is 4.39 Å². The van der Waals surface area contributed by atoms with Crippen molar-refractivity contribution in [3.05, 3.63) is 66.0 Å². The predicted molar refractivity (Wildman–Crippen MR) is 73.5 cm³/mol. The molecule has 1 nitrogen and oxygen atoms in total. The van der Waals surface area contributed by atoms with Crippen molar-refractivity contribution in [1.82, 2.24) is 0 Å². The lowest BCUT2D eigenvalue weighted by Gasteiger charge is -2.30. The number of hydrogen-bond acceptors (Lipinski definition) is 1. The second kappa shape index (κ2) is 4.30. The Bertz CT molecular complexity index is 599. The molecule has 0 amide bonds. The van der Waals surface area contributed by atoms with Gasteiger partial charge >= 0.3 is 0 Å². The SMILES string of the molecule is CC1=CCN(c2ccc(F)cc2)c2ccccc21. The Morgan fingerprint density at radius 1 is 1.00 bits per heavy atom. The average molecular weight is 239 g/mol. The molecule has 0 saturated carbocycles. The number of anilines is 2. The molecule has 0 unspecified atom stereocenters. The minimum atomic E-state index is -0.198. The molecule has 0 aromatic heterocycles. The number of rotatable bonds is 1. The minimum Gasteiger partial charge on any atom is -0.337 e. The van der Waals surface area contributed by atoms with Gasteiger partial charge in [0.05, 0.1) is 0 Å². The molecule has 2 aromatic carbocycles. The summed E-state index contributed by atoms with van der Waals surface area (Å²) in [7, 11) is 0. The van der Waals surface area contributed by atoms with E-state index in [0.717, 1.165) is 12.2 Å². The molecule has 0 spiro atoms. The van der Waals surface area contributed by atoms with Crippen LogP contribution in [0.5, 0.6) is 0 Å². The van der Waals surface area contributed by atoms with Crippen LogP contribution < -0.4 is 4.90 Å². The molecule has 2 heteroatoms. The molecule has 2 aromatic rings. The summed E-state index contributed by atoms with van der Waals surface area (Å²) >= 11 is 0. The molecule has 1 aliphatic heterocycles. The maximum absolute atomic E-state index is 13.0. The van der Waals surface area contributed by atoms with Gasteiger partial charge in [-0.2, -0.15) is 0 Å². The standard InChI is InChI=1S/C16H14FN/c1-12-10-11-18(14-8-6-13(17)7-9-14)16-5-3-2-4-15(12)16/h2-10H,11H2,1H3. The highest BCUT2D eigenvalue weighted by atomic mass is 19.1. The van der Waals surface area contributed by atoms with Gasteiger partial charge in [0, 0.05) is 23.5 Å². The van der Waals surface area contributed by atoms with Crippen molar-refractivity contribution in [1.29, 1.82) is 0 Å². The maximum Gasteiger partial charge on any atom is 0.123 e. The fourth-order valence-corrected chi connectivity index (χ4v) is 2.34.